The molecule has 0 aliphatic rings. The first-order valence-corrected chi connectivity index (χ1v) is 9.13. The van der Waals surface area contributed by atoms with E-state index in [-0.39, 0.29) is 18.1 Å². The van der Waals surface area contributed by atoms with Crippen LogP contribution in [-0.2, 0) is 13.1 Å². The second kappa shape index (κ2) is 8.12. The Kier molecular flexibility index (Phi) is 5.62. The van der Waals surface area contributed by atoms with Crippen LogP contribution in [0.4, 0.5) is 11.5 Å². The average Bonchev–Trinajstić information content (AvgIpc) is 3.09. The molecule has 1 aromatic carbocycles. The summed E-state index contributed by atoms with van der Waals surface area (Å²) in [6.07, 6.45) is 1.68. The van der Waals surface area contributed by atoms with Crippen LogP contribution in [0.2, 0.25) is 0 Å². The van der Waals surface area contributed by atoms with Crippen molar-refractivity contribution < 1.29 is 4.42 Å². The van der Waals surface area contributed by atoms with Gasteiger partial charge in [-0.3, -0.25) is 14.3 Å². The highest BCUT2D eigenvalue weighted by Gasteiger charge is 2.18. The molecule has 0 fully saturated rings. The van der Waals surface area contributed by atoms with E-state index in [9.17, 15) is 9.59 Å². The van der Waals surface area contributed by atoms with Gasteiger partial charge in [0.1, 0.15) is 11.5 Å². The lowest BCUT2D eigenvalue weighted by Crippen LogP contribution is -2.37. The van der Waals surface area contributed by atoms with Crippen LogP contribution in [0.25, 0.3) is 11.5 Å². The van der Waals surface area contributed by atoms with Gasteiger partial charge in [0.25, 0.3) is 5.56 Å². The third-order valence-corrected chi connectivity index (χ3v) is 4.44. The average molecular weight is 384 g/mol. The highest BCUT2D eigenvalue weighted by molar-refractivity contribution is 5.62. The number of aromatic amines is 1. The maximum absolute atomic E-state index is 12.3. The predicted molar refractivity (Wildman–Crippen MR) is 107 cm³/mol. The van der Waals surface area contributed by atoms with Gasteiger partial charge in [-0.05, 0) is 25.5 Å². The van der Waals surface area contributed by atoms with E-state index < -0.39 is 11.2 Å². The molecular weight excluding hydrogens is 360 g/mol. The van der Waals surface area contributed by atoms with Crippen LogP contribution in [0.5, 0.6) is 0 Å². The quantitative estimate of drug-likeness (QED) is 0.638. The van der Waals surface area contributed by atoms with Gasteiger partial charge in [0.15, 0.2) is 0 Å². The molecule has 2 heterocycles. The number of hydrogen-bond donors (Lipinski definition) is 2. The zero-order chi connectivity index (χ0) is 20.3. The normalized spacial score (nSPS) is 11.0. The molecule has 0 saturated heterocycles. The first-order valence-electron chi connectivity index (χ1n) is 9.13. The molecule has 0 spiro atoms. The summed E-state index contributed by atoms with van der Waals surface area (Å²) in [5, 5.41) is 8.13. The summed E-state index contributed by atoms with van der Waals surface area (Å²) in [4.78, 5) is 28.3. The fraction of sp³-hybridized carbons (Fsp3) is 0.368. The number of nitrogens with one attached hydrogen (secondary N) is 1. The molecule has 0 saturated carbocycles. The Hall–Kier alpha value is -3.36. The number of H-pyrrole nitrogens is 1. The third-order valence-electron chi connectivity index (χ3n) is 4.44. The minimum absolute atomic E-state index is 0.128. The van der Waals surface area contributed by atoms with Crippen molar-refractivity contribution in [3.8, 4) is 11.5 Å². The van der Waals surface area contributed by atoms with Crippen LogP contribution in [0.15, 0.2) is 38.3 Å². The van der Waals surface area contributed by atoms with E-state index in [0.717, 1.165) is 24.0 Å². The van der Waals surface area contributed by atoms with Gasteiger partial charge in [0.05, 0.1) is 6.54 Å². The zero-order valence-corrected chi connectivity index (χ0v) is 16.2. The number of rotatable bonds is 7. The van der Waals surface area contributed by atoms with Crippen LogP contribution in [0.3, 0.4) is 0 Å². The Labute approximate surface area is 161 Å². The van der Waals surface area contributed by atoms with Crippen molar-refractivity contribution in [2.45, 2.75) is 39.8 Å². The van der Waals surface area contributed by atoms with Gasteiger partial charge in [-0.1, -0.05) is 31.0 Å². The van der Waals surface area contributed by atoms with Crippen molar-refractivity contribution >= 4 is 11.5 Å². The Balaban J connectivity index is 1.87. The summed E-state index contributed by atoms with van der Waals surface area (Å²) in [5.41, 5.74) is 7.19. The van der Waals surface area contributed by atoms with Gasteiger partial charge < -0.3 is 15.1 Å². The molecule has 0 radical (unpaired) electrons. The number of nitrogens with two attached hydrogens (primary N) is 1. The Bertz CT molecular complexity index is 1080. The molecule has 3 aromatic rings. The highest BCUT2D eigenvalue weighted by atomic mass is 16.4. The first-order chi connectivity index (χ1) is 13.4. The van der Waals surface area contributed by atoms with Gasteiger partial charge >= 0.3 is 5.69 Å². The fourth-order valence-electron chi connectivity index (χ4n) is 2.98. The molecule has 28 heavy (non-hydrogen) atoms. The fourth-order valence-corrected chi connectivity index (χ4v) is 2.98. The number of nitrogens with zero attached hydrogens (tertiary/aromatic N) is 4. The predicted octanol–water partition coefficient (Wildman–Crippen LogP) is 1.91. The molecule has 0 aliphatic carbocycles. The molecule has 9 nitrogen and oxygen atoms in total. The molecule has 3 rings (SSSR count). The van der Waals surface area contributed by atoms with Crippen molar-refractivity contribution in [1.29, 1.82) is 0 Å². The van der Waals surface area contributed by atoms with Crippen LogP contribution < -0.4 is 21.9 Å². The van der Waals surface area contributed by atoms with E-state index in [1.807, 2.05) is 38.1 Å². The van der Waals surface area contributed by atoms with E-state index >= 15 is 0 Å². The first kappa shape index (κ1) is 19.4. The number of nitrogen functional groups attached to an aromatic ring is 1. The molecule has 0 amide bonds. The third kappa shape index (κ3) is 3.98. The summed E-state index contributed by atoms with van der Waals surface area (Å²) >= 11 is 0. The lowest BCUT2D eigenvalue weighted by atomic mass is 10.1. The maximum Gasteiger partial charge on any atom is 0.330 e. The van der Waals surface area contributed by atoms with Gasteiger partial charge in [-0.15, -0.1) is 10.2 Å². The van der Waals surface area contributed by atoms with Gasteiger partial charge in [-0.25, -0.2) is 4.79 Å². The zero-order valence-electron chi connectivity index (χ0n) is 16.2. The van der Waals surface area contributed by atoms with E-state index in [1.165, 1.54) is 4.57 Å². The topological polar surface area (TPSA) is 123 Å². The van der Waals surface area contributed by atoms with Crippen LogP contribution >= 0.6 is 0 Å². The maximum atomic E-state index is 12.3. The summed E-state index contributed by atoms with van der Waals surface area (Å²) < 4.78 is 7.11. The lowest BCUT2D eigenvalue weighted by Gasteiger charge is -2.20. The van der Waals surface area contributed by atoms with Crippen molar-refractivity contribution in [3.63, 3.8) is 0 Å². The van der Waals surface area contributed by atoms with Crippen molar-refractivity contribution in [2.24, 2.45) is 0 Å². The van der Waals surface area contributed by atoms with Gasteiger partial charge in [0.2, 0.25) is 11.8 Å². The summed E-state index contributed by atoms with van der Waals surface area (Å²) in [5.74, 6) is 0.870. The minimum Gasteiger partial charge on any atom is -0.419 e. The SMILES string of the molecule is CCCCn1c(N)c(N(C)Cc2nnc(-c3cccc(C)c3)o2)c(=O)[nH]c1=O. The minimum atomic E-state index is -0.545. The number of benzene rings is 1. The highest BCUT2D eigenvalue weighted by Crippen LogP contribution is 2.21. The summed E-state index contributed by atoms with van der Waals surface area (Å²) in [6.45, 7) is 4.62. The van der Waals surface area contributed by atoms with E-state index in [0.29, 0.717) is 18.3 Å². The number of unbranched alkanes of at least 4 members (excludes halogenated alkanes) is 1. The number of aryl methyl sites for hydroxylation is 1. The van der Waals surface area contributed by atoms with Crippen LogP contribution in [0.1, 0.15) is 31.2 Å². The number of anilines is 2. The summed E-state index contributed by atoms with van der Waals surface area (Å²) in [7, 11) is 1.69. The number of aromatic nitrogens is 4. The smallest absolute Gasteiger partial charge is 0.330 e. The molecule has 9 heteroatoms. The Morgan fingerprint density at radius 3 is 2.79 bits per heavy atom. The molecule has 0 unspecified atom stereocenters. The van der Waals surface area contributed by atoms with Crippen LogP contribution in [-0.4, -0.2) is 26.8 Å². The Morgan fingerprint density at radius 1 is 1.29 bits per heavy atom. The molecule has 3 N–H and O–H groups in total. The molecule has 2 aromatic heterocycles. The molecule has 0 atom stereocenters. The van der Waals surface area contributed by atoms with E-state index in [4.69, 9.17) is 10.2 Å². The van der Waals surface area contributed by atoms with Crippen molar-refractivity contribution in [3.05, 3.63) is 56.6 Å². The Morgan fingerprint density at radius 2 is 2.07 bits per heavy atom. The molecule has 0 bridgehead atoms. The second-order valence-corrected chi connectivity index (χ2v) is 6.72. The summed E-state index contributed by atoms with van der Waals surface area (Å²) in [6, 6.07) is 7.74. The lowest BCUT2D eigenvalue weighted by molar-refractivity contribution is 0.502. The molecule has 148 valence electrons. The molecule has 0 aliphatic heterocycles. The number of hydrogen-bond acceptors (Lipinski definition) is 7. The standard InChI is InChI=1S/C19H24N6O3/c1-4-5-9-25-16(20)15(17(26)21-19(25)27)24(3)11-14-22-23-18(28-14)13-8-6-7-12(2)10-13/h6-8,10H,4-5,9,11,20H2,1-3H3,(H,21,26,27). The van der Waals surface area contributed by atoms with Crippen LogP contribution in [0, 0.1) is 6.92 Å². The monoisotopic (exact) mass is 384 g/mol. The van der Waals surface area contributed by atoms with E-state index in [1.54, 1.807) is 11.9 Å². The largest absolute Gasteiger partial charge is 0.419 e. The van der Waals surface area contributed by atoms with Gasteiger partial charge in [-0.2, -0.15) is 0 Å². The van der Waals surface area contributed by atoms with Crippen molar-refractivity contribution in [2.75, 3.05) is 17.7 Å². The van der Waals surface area contributed by atoms with Gasteiger partial charge in [0, 0.05) is 19.2 Å². The molecular formula is C19H24N6O3. The van der Waals surface area contributed by atoms with E-state index in [2.05, 4.69) is 15.2 Å². The second-order valence-electron chi connectivity index (χ2n) is 6.72. The van der Waals surface area contributed by atoms with Crippen molar-refractivity contribution in [1.82, 2.24) is 19.7 Å².